The maximum Gasteiger partial charge on any atom is 0.185 e. The Morgan fingerprint density at radius 3 is 2.55 bits per heavy atom. The fourth-order valence-corrected chi connectivity index (χ4v) is 0.653. The molecule has 0 saturated heterocycles. The topological polar surface area (TPSA) is 111 Å². The molecule has 1 atom stereocenters. The van der Waals surface area contributed by atoms with E-state index in [9.17, 15) is 0 Å². The third kappa shape index (κ3) is 7.08. The lowest BCUT2D eigenvalue weighted by atomic mass is 10.2. The normalized spacial score (nSPS) is 12.5. The monoisotopic (exact) mass is 160 g/mol. The molecule has 66 valence electrons. The van der Waals surface area contributed by atoms with Crippen LogP contribution in [-0.4, -0.2) is 30.3 Å². The first-order valence-electron chi connectivity index (χ1n) is 3.58. The number of nitrogens with two attached hydrogens (primary N) is 3. The van der Waals surface area contributed by atoms with E-state index in [4.69, 9.17) is 22.3 Å². The molecule has 0 aromatic rings. The van der Waals surface area contributed by atoms with Gasteiger partial charge in [0.25, 0.3) is 0 Å². The van der Waals surface area contributed by atoms with E-state index in [2.05, 4.69) is 4.99 Å². The van der Waals surface area contributed by atoms with Crippen molar-refractivity contribution in [2.45, 2.75) is 18.9 Å². The van der Waals surface area contributed by atoms with Gasteiger partial charge < -0.3 is 22.3 Å². The second kappa shape index (κ2) is 5.94. The number of aliphatic hydroxyl groups excluding tert-OH is 1. The highest BCUT2D eigenvalue weighted by Gasteiger charge is 1.97. The standard InChI is InChI=1S/C6H16N4O/c7-5(4-11)2-1-3-10-6(8)9/h5,11H,1-4,7H2,(H4,8,9,10)/t5-/m0/s1. The summed E-state index contributed by atoms with van der Waals surface area (Å²) in [6.45, 7) is 0.595. The van der Waals surface area contributed by atoms with Gasteiger partial charge in [0.05, 0.1) is 6.61 Å². The van der Waals surface area contributed by atoms with Crippen LogP contribution in [0.4, 0.5) is 0 Å². The minimum Gasteiger partial charge on any atom is -0.395 e. The number of aliphatic imine (C=N–C) groups is 1. The molecule has 0 unspecified atom stereocenters. The first-order chi connectivity index (χ1) is 5.16. The zero-order valence-electron chi connectivity index (χ0n) is 6.53. The van der Waals surface area contributed by atoms with Gasteiger partial charge in [0, 0.05) is 12.6 Å². The van der Waals surface area contributed by atoms with Crippen LogP contribution in [0.3, 0.4) is 0 Å². The molecule has 0 amide bonds. The number of guanidine groups is 1. The lowest BCUT2D eigenvalue weighted by molar-refractivity contribution is 0.259. The molecule has 0 radical (unpaired) electrons. The molecule has 0 heterocycles. The molecule has 0 bridgehead atoms. The Bertz CT molecular complexity index is 122. The van der Waals surface area contributed by atoms with E-state index < -0.39 is 0 Å². The maximum atomic E-state index is 8.53. The summed E-state index contributed by atoms with van der Waals surface area (Å²) < 4.78 is 0. The third-order valence-electron chi connectivity index (χ3n) is 1.26. The quantitative estimate of drug-likeness (QED) is 0.219. The maximum absolute atomic E-state index is 8.53. The van der Waals surface area contributed by atoms with Crippen LogP contribution in [0.2, 0.25) is 0 Å². The molecule has 0 spiro atoms. The van der Waals surface area contributed by atoms with Crippen LogP contribution in [0, 0.1) is 0 Å². The summed E-state index contributed by atoms with van der Waals surface area (Å²) in [6.07, 6.45) is 1.55. The summed E-state index contributed by atoms with van der Waals surface area (Å²) in [5, 5.41) is 8.53. The van der Waals surface area contributed by atoms with Crippen molar-refractivity contribution in [3.05, 3.63) is 0 Å². The zero-order chi connectivity index (χ0) is 8.69. The number of rotatable bonds is 5. The highest BCUT2D eigenvalue weighted by atomic mass is 16.3. The van der Waals surface area contributed by atoms with E-state index >= 15 is 0 Å². The lowest BCUT2D eigenvalue weighted by Gasteiger charge is -2.04. The minimum absolute atomic E-state index is 0.0157. The molecule has 0 saturated carbocycles. The van der Waals surface area contributed by atoms with E-state index in [0.717, 1.165) is 12.8 Å². The van der Waals surface area contributed by atoms with E-state index in [-0.39, 0.29) is 18.6 Å². The first-order valence-corrected chi connectivity index (χ1v) is 3.58. The Hall–Kier alpha value is -0.810. The van der Waals surface area contributed by atoms with Gasteiger partial charge in [-0.15, -0.1) is 0 Å². The van der Waals surface area contributed by atoms with Crippen molar-refractivity contribution < 1.29 is 5.11 Å². The molecule has 0 aromatic heterocycles. The fraction of sp³-hybridized carbons (Fsp3) is 0.833. The van der Waals surface area contributed by atoms with Crippen molar-refractivity contribution in [2.75, 3.05) is 13.2 Å². The van der Waals surface area contributed by atoms with Crippen LogP contribution in [0.5, 0.6) is 0 Å². The summed E-state index contributed by atoms with van der Waals surface area (Å²) in [5.41, 5.74) is 15.6. The minimum atomic E-state index is -0.149. The first kappa shape index (κ1) is 10.2. The second-order valence-corrected chi connectivity index (χ2v) is 2.39. The fourth-order valence-electron chi connectivity index (χ4n) is 0.653. The van der Waals surface area contributed by atoms with Crippen LogP contribution < -0.4 is 17.2 Å². The Kier molecular flexibility index (Phi) is 5.50. The lowest BCUT2D eigenvalue weighted by Crippen LogP contribution is -2.25. The number of hydrogen-bond donors (Lipinski definition) is 4. The molecular formula is C6H16N4O. The van der Waals surface area contributed by atoms with Crippen molar-refractivity contribution in [1.29, 1.82) is 0 Å². The van der Waals surface area contributed by atoms with Crippen LogP contribution >= 0.6 is 0 Å². The summed E-state index contributed by atoms with van der Waals surface area (Å²) in [7, 11) is 0. The molecule has 0 aliphatic rings. The van der Waals surface area contributed by atoms with Gasteiger partial charge in [0.15, 0.2) is 5.96 Å². The SMILES string of the molecule is NC(N)=NCCC[C@H](N)CO. The van der Waals surface area contributed by atoms with Crippen molar-refractivity contribution in [3.8, 4) is 0 Å². The van der Waals surface area contributed by atoms with E-state index in [0.29, 0.717) is 6.54 Å². The van der Waals surface area contributed by atoms with E-state index in [1.807, 2.05) is 0 Å². The summed E-state index contributed by atoms with van der Waals surface area (Å²) in [6, 6.07) is -0.149. The summed E-state index contributed by atoms with van der Waals surface area (Å²) >= 11 is 0. The second-order valence-electron chi connectivity index (χ2n) is 2.39. The van der Waals surface area contributed by atoms with Gasteiger partial charge in [-0.2, -0.15) is 0 Å². The Labute approximate surface area is 66.3 Å². The van der Waals surface area contributed by atoms with Crippen LogP contribution in [-0.2, 0) is 0 Å². The molecule has 0 aliphatic heterocycles. The highest BCUT2D eigenvalue weighted by molar-refractivity contribution is 5.75. The predicted molar refractivity (Wildman–Crippen MR) is 45.0 cm³/mol. The largest absolute Gasteiger partial charge is 0.395 e. The average molecular weight is 160 g/mol. The smallest absolute Gasteiger partial charge is 0.185 e. The van der Waals surface area contributed by atoms with Crippen molar-refractivity contribution in [3.63, 3.8) is 0 Å². The molecule has 0 aliphatic carbocycles. The number of aliphatic hydroxyl groups is 1. The van der Waals surface area contributed by atoms with Crippen LogP contribution in [0.1, 0.15) is 12.8 Å². The molecular weight excluding hydrogens is 144 g/mol. The molecule has 5 heteroatoms. The number of nitrogens with zero attached hydrogens (tertiary/aromatic N) is 1. The molecule has 0 fully saturated rings. The average Bonchev–Trinajstić information content (AvgIpc) is 1.97. The van der Waals surface area contributed by atoms with Crippen molar-refractivity contribution in [2.24, 2.45) is 22.2 Å². The highest BCUT2D eigenvalue weighted by Crippen LogP contribution is 1.93. The summed E-state index contributed by atoms with van der Waals surface area (Å²) in [5.74, 6) is 0.0996. The van der Waals surface area contributed by atoms with Gasteiger partial charge in [0.1, 0.15) is 0 Å². The Morgan fingerprint density at radius 1 is 1.45 bits per heavy atom. The van der Waals surface area contributed by atoms with Crippen molar-refractivity contribution >= 4 is 5.96 Å². The predicted octanol–water partition coefficient (Wildman–Crippen LogP) is -1.64. The third-order valence-corrected chi connectivity index (χ3v) is 1.26. The Balaban J connectivity index is 3.21. The molecule has 11 heavy (non-hydrogen) atoms. The molecule has 0 aromatic carbocycles. The Morgan fingerprint density at radius 2 is 2.09 bits per heavy atom. The molecule has 0 rings (SSSR count). The summed E-state index contributed by atoms with van der Waals surface area (Å²) in [4.78, 5) is 3.77. The van der Waals surface area contributed by atoms with Gasteiger partial charge in [-0.3, -0.25) is 4.99 Å². The van der Waals surface area contributed by atoms with Gasteiger partial charge in [-0.25, -0.2) is 0 Å². The van der Waals surface area contributed by atoms with Crippen molar-refractivity contribution in [1.82, 2.24) is 0 Å². The van der Waals surface area contributed by atoms with Gasteiger partial charge >= 0.3 is 0 Å². The molecule has 5 nitrogen and oxygen atoms in total. The zero-order valence-corrected chi connectivity index (χ0v) is 6.53. The van der Waals surface area contributed by atoms with E-state index in [1.165, 1.54) is 0 Å². The van der Waals surface area contributed by atoms with E-state index in [1.54, 1.807) is 0 Å². The van der Waals surface area contributed by atoms with Gasteiger partial charge in [0.2, 0.25) is 0 Å². The van der Waals surface area contributed by atoms with Gasteiger partial charge in [-0.05, 0) is 12.8 Å². The van der Waals surface area contributed by atoms with Crippen LogP contribution in [0.15, 0.2) is 4.99 Å². The molecule has 7 N–H and O–H groups in total. The number of hydrogen-bond acceptors (Lipinski definition) is 3. The van der Waals surface area contributed by atoms with Gasteiger partial charge in [-0.1, -0.05) is 0 Å². The van der Waals surface area contributed by atoms with Crippen LogP contribution in [0.25, 0.3) is 0 Å².